The van der Waals surface area contributed by atoms with Crippen LogP contribution in [0.15, 0.2) is 11.6 Å². The van der Waals surface area contributed by atoms with Crippen molar-refractivity contribution in [1.29, 1.82) is 0 Å². The van der Waals surface area contributed by atoms with Gasteiger partial charge in [-0.15, -0.1) is 0 Å². The topological polar surface area (TPSA) is 18.5 Å². The van der Waals surface area contributed by atoms with E-state index >= 15 is 0 Å². The molecule has 0 atom stereocenters. The summed E-state index contributed by atoms with van der Waals surface area (Å²) in [5.74, 6) is 0. The van der Waals surface area contributed by atoms with Gasteiger partial charge in [-0.05, 0) is 13.8 Å². The Morgan fingerprint density at radius 2 is 2.30 bits per heavy atom. The van der Waals surface area contributed by atoms with Gasteiger partial charge >= 0.3 is 0 Å². The van der Waals surface area contributed by atoms with Crippen molar-refractivity contribution < 1.29 is 9.47 Å². The number of rotatable bonds is 3. The summed E-state index contributed by atoms with van der Waals surface area (Å²) in [6.07, 6.45) is 2.44. The summed E-state index contributed by atoms with van der Waals surface area (Å²) >= 11 is 0. The Balaban J connectivity index is 1.99. The number of hydrogen-bond donors (Lipinski definition) is 0. The van der Waals surface area contributed by atoms with E-state index in [-0.39, 0.29) is 0 Å². The molecule has 1 fully saturated rings. The second-order valence-electron chi connectivity index (χ2n) is 2.77. The summed E-state index contributed by atoms with van der Waals surface area (Å²) in [6.45, 7) is 6.42. The summed E-state index contributed by atoms with van der Waals surface area (Å²) in [6, 6.07) is 0. The predicted molar refractivity (Wildman–Crippen MR) is 40.0 cm³/mol. The SMILES string of the molecule is CC(C)=CCOC1COC1. The van der Waals surface area contributed by atoms with E-state index in [9.17, 15) is 0 Å². The highest BCUT2D eigenvalue weighted by Crippen LogP contribution is 2.05. The van der Waals surface area contributed by atoms with Crippen molar-refractivity contribution in [3.8, 4) is 0 Å². The van der Waals surface area contributed by atoms with Gasteiger partial charge in [-0.2, -0.15) is 0 Å². The van der Waals surface area contributed by atoms with E-state index < -0.39 is 0 Å². The largest absolute Gasteiger partial charge is 0.376 e. The van der Waals surface area contributed by atoms with E-state index in [1.54, 1.807) is 0 Å². The summed E-state index contributed by atoms with van der Waals surface area (Å²) in [5.41, 5.74) is 1.31. The average molecular weight is 142 g/mol. The first-order valence-electron chi connectivity index (χ1n) is 3.62. The zero-order valence-electron chi connectivity index (χ0n) is 6.59. The molecule has 0 spiro atoms. The standard InChI is InChI=1S/C8H14O2/c1-7(2)3-4-10-8-5-9-6-8/h3,8H,4-6H2,1-2H3. The van der Waals surface area contributed by atoms with Crippen molar-refractivity contribution in [2.24, 2.45) is 0 Å². The lowest BCUT2D eigenvalue weighted by Crippen LogP contribution is -2.36. The Morgan fingerprint density at radius 3 is 2.70 bits per heavy atom. The van der Waals surface area contributed by atoms with Gasteiger partial charge in [0.15, 0.2) is 0 Å². The molecule has 1 aliphatic rings. The molecule has 1 heterocycles. The van der Waals surface area contributed by atoms with E-state index in [0.717, 1.165) is 19.8 Å². The number of allylic oxidation sites excluding steroid dienone is 1. The average Bonchev–Trinajstić information content (AvgIpc) is 1.75. The minimum absolute atomic E-state index is 0.357. The third-order valence-electron chi connectivity index (χ3n) is 1.43. The van der Waals surface area contributed by atoms with Crippen LogP contribution in [0.1, 0.15) is 13.8 Å². The number of hydrogen-bond acceptors (Lipinski definition) is 2. The molecule has 0 radical (unpaired) electrons. The highest BCUT2D eigenvalue weighted by atomic mass is 16.6. The second kappa shape index (κ2) is 3.74. The molecule has 1 saturated heterocycles. The van der Waals surface area contributed by atoms with E-state index in [1.807, 2.05) is 0 Å². The molecular weight excluding hydrogens is 128 g/mol. The van der Waals surface area contributed by atoms with Crippen molar-refractivity contribution in [2.75, 3.05) is 19.8 Å². The number of ether oxygens (including phenoxy) is 2. The first-order valence-corrected chi connectivity index (χ1v) is 3.62. The normalized spacial score (nSPS) is 18.2. The van der Waals surface area contributed by atoms with Gasteiger partial charge in [0.25, 0.3) is 0 Å². The molecule has 0 aromatic rings. The maximum Gasteiger partial charge on any atom is 0.104 e. The molecule has 10 heavy (non-hydrogen) atoms. The van der Waals surface area contributed by atoms with Crippen LogP contribution in [0.25, 0.3) is 0 Å². The van der Waals surface area contributed by atoms with Crippen LogP contribution in [0.5, 0.6) is 0 Å². The fourth-order valence-electron chi connectivity index (χ4n) is 0.661. The van der Waals surface area contributed by atoms with Crippen molar-refractivity contribution >= 4 is 0 Å². The van der Waals surface area contributed by atoms with Gasteiger partial charge in [0.05, 0.1) is 19.8 Å². The van der Waals surface area contributed by atoms with Crippen LogP contribution in [-0.4, -0.2) is 25.9 Å². The Bertz CT molecular complexity index is 121. The van der Waals surface area contributed by atoms with Crippen LogP contribution in [0.3, 0.4) is 0 Å². The smallest absolute Gasteiger partial charge is 0.104 e. The summed E-state index contributed by atoms with van der Waals surface area (Å²) in [5, 5.41) is 0. The van der Waals surface area contributed by atoms with Crippen LogP contribution in [0.2, 0.25) is 0 Å². The van der Waals surface area contributed by atoms with Crippen LogP contribution in [-0.2, 0) is 9.47 Å². The zero-order chi connectivity index (χ0) is 7.40. The minimum Gasteiger partial charge on any atom is -0.376 e. The highest BCUT2D eigenvalue weighted by molar-refractivity contribution is 4.93. The first kappa shape index (κ1) is 7.76. The molecule has 0 saturated carbocycles. The lowest BCUT2D eigenvalue weighted by atomic mass is 10.3. The molecule has 0 aromatic heterocycles. The Hall–Kier alpha value is -0.340. The molecule has 0 aromatic carbocycles. The maximum atomic E-state index is 5.39. The Morgan fingerprint density at radius 1 is 1.60 bits per heavy atom. The summed E-state index contributed by atoms with van der Waals surface area (Å²) in [4.78, 5) is 0. The van der Waals surface area contributed by atoms with Crippen molar-refractivity contribution in [3.63, 3.8) is 0 Å². The van der Waals surface area contributed by atoms with Gasteiger partial charge in [-0.1, -0.05) is 11.6 Å². The molecular formula is C8H14O2. The monoisotopic (exact) mass is 142 g/mol. The molecule has 1 rings (SSSR count). The van der Waals surface area contributed by atoms with Gasteiger partial charge < -0.3 is 9.47 Å². The third-order valence-corrected chi connectivity index (χ3v) is 1.43. The van der Waals surface area contributed by atoms with Crippen molar-refractivity contribution in [3.05, 3.63) is 11.6 Å². The van der Waals surface area contributed by atoms with Gasteiger partial charge in [-0.25, -0.2) is 0 Å². The maximum absolute atomic E-state index is 5.39. The molecule has 1 aliphatic heterocycles. The molecule has 58 valence electrons. The molecule has 2 nitrogen and oxygen atoms in total. The second-order valence-corrected chi connectivity index (χ2v) is 2.77. The predicted octanol–water partition coefficient (Wildman–Crippen LogP) is 1.37. The molecule has 0 aliphatic carbocycles. The van der Waals surface area contributed by atoms with Crippen LogP contribution in [0.4, 0.5) is 0 Å². The van der Waals surface area contributed by atoms with E-state index in [4.69, 9.17) is 9.47 Å². The molecule has 2 heteroatoms. The van der Waals surface area contributed by atoms with E-state index in [0.29, 0.717) is 6.10 Å². The molecule has 0 bridgehead atoms. The van der Waals surface area contributed by atoms with E-state index in [2.05, 4.69) is 19.9 Å². The van der Waals surface area contributed by atoms with Gasteiger partial charge in [-0.3, -0.25) is 0 Å². The summed E-state index contributed by atoms with van der Waals surface area (Å²) < 4.78 is 10.3. The molecule has 0 N–H and O–H groups in total. The Kier molecular flexibility index (Phi) is 2.90. The fraction of sp³-hybridized carbons (Fsp3) is 0.750. The third kappa shape index (κ3) is 2.50. The zero-order valence-corrected chi connectivity index (χ0v) is 6.59. The Labute approximate surface area is 61.8 Å². The van der Waals surface area contributed by atoms with Crippen molar-refractivity contribution in [2.45, 2.75) is 20.0 Å². The van der Waals surface area contributed by atoms with Crippen LogP contribution < -0.4 is 0 Å². The van der Waals surface area contributed by atoms with Gasteiger partial charge in [0.2, 0.25) is 0 Å². The quantitative estimate of drug-likeness (QED) is 0.554. The van der Waals surface area contributed by atoms with E-state index in [1.165, 1.54) is 5.57 Å². The minimum atomic E-state index is 0.357. The fourth-order valence-corrected chi connectivity index (χ4v) is 0.661. The van der Waals surface area contributed by atoms with Gasteiger partial charge in [0.1, 0.15) is 6.10 Å². The highest BCUT2D eigenvalue weighted by Gasteiger charge is 2.17. The molecule has 0 amide bonds. The first-order chi connectivity index (χ1) is 4.79. The lowest BCUT2D eigenvalue weighted by molar-refractivity contribution is -0.122. The van der Waals surface area contributed by atoms with Crippen LogP contribution >= 0.6 is 0 Å². The molecule has 0 unspecified atom stereocenters. The lowest BCUT2D eigenvalue weighted by Gasteiger charge is -2.25. The van der Waals surface area contributed by atoms with Crippen LogP contribution in [0, 0.1) is 0 Å². The van der Waals surface area contributed by atoms with Crippen molar-refractivity contribution in [1.82, 2.24) is 0 Å². The summed E-state index contributed by atoms with van der Waals surface area (Å²) in [7, 11) is 0. The van der Waals surface area contributed by atoms with Gasteiger partial charge in [0, 0.05) is 0 Å².